The van der Waals surface area contributed by atoms with Gasteiger partial charge in [0.25, 0.3) is 0 Å². The molecule has 6 nitrogen and oxygen atoms in total. The average Bonchev–Trinajstić information content (AvgIpc) is 2.48. The molecule has 2 aromatic rings. The fraction of sp³-hybridized carbons (Fsp3) is 0.133. The van der Waals surface area contributed by atoms with Crippen LogP contribution >= 0.6 is 0 Å². The second-order valence-electron chi connectivity index (χ2n) is 4.38. The molecular weight excluding hydrogens is 272 g/mol. The van der Waals surface area contributed by atoms with E-state index in [1.165, 1.54) is 25.5 Å². The fourth-order valence-electron chi connectivity index (χ4n) is 1.91. The summed E-state index contributed by atoms with van der Waals surface area (Å²) in [7, 11) is 1.36. The highest BCUT2D eigenvalue weighted by Gasteiger charge is 2.15. The zero-order chi connectivity index (χ0) is 15.2. The minimum Gasteiger partial charge on any atom is -0.624 e. The van der Waals surface area contributed by atoms with E-state index in [2.05, 4.69) is 0 Å². The normalized spacial score (nSPS) is 11.2. The van der Waals surface area contributed by atoms with Crippen molar-refractivity contribution in [2.75, 3.05) is 7.11 Å². The summed E-state index contributed by atoms with van der Waals surface area (Å²) < 4.78 is 5.65. The molecule has 0 spiro atoms. The van der Waals surface area contributed by atoms with Gasteiger partial charge in [-0.3, -0.25) is 10.1 Å². The summed E-state index contributed by atoms with van der Waals surface area (Å²) >= 11 is 0. The molecule has 0 fully saturated rings. The van der Waals surface area contributed by atoms with E-state index in [1.54, 1.807) is 6.07 Å². The molecule has 0 heterocycles. The van der Waals surface area contributed by atoms with Gasteiger partial charge in [-0.1, -0.05) is 30.3 Å². The molecule has 21 heavy (non-hydrogen) atoms. The molecule has 0 aliphatic heterocycles. The Labute approximate surface area is 121 Å². The van der Waals surface area contributed by atoms with E-state index in [4.69, 9.17) is 4.74 Å². The Morgan fingerprint density at radius 3 is 2.48 bits per heavy atom. The van der Waals surface area contributed by atoms with Gasteiger partial charge in [-0.05, 0) is 12.1 Å². The van der Waals surface area contributed by atoms with Crippen molar-refractivity contribution in [1.29, 1.82) is 0 Å². The predicted molar refractivity (Wildman–Crippen MR) is 78.6 cm³/mol. The minimum atomic E-state index is -0.539. The van der Waals surface area contributed by atoms with Crippen LogP contribution in [0.3, 0.4) is 0 Å². The molecule has 0 atom stereocenters. The Bertz CT molecular complexity index is 669. The highest BCUT2D eigenvalue weighted by Crippen LogP contribution is 2.26. The van der Waals surface area contributed by atoms with Gasteiger partial charge in [-0.2, -0.15) is 0 Å². The summed E-state index contributed by atoms with van der Waals surface area (Å²) in [5.74, 6) is 0.164. The van der Waals surface area contributed by atoms with Crippen molar-refractivity contribution in [3.05, 3.63) is 75.0 Å². The van der Waals surface area contributed by atoms with Crippen LogP contribution in [0.4, 0.5) is 5.69 Å². The van der Waals surface area contributed by atoms with Crippen LogP contribution in [0.15, 0.2) is 48.5 Å². The van der Waals surface area contributed by atoms with E-state index >= 15 is 0 Å². The summed E-state index contributed by atoms with van der Waals surface area (Å²) in [5, 5.41) is 22.8. The number of nitro groups is 1. The molecule has 6 heteroatoms. The predicted octanol–water partition coefficient (Wildman–Crippen LogP) is 2.73. The third-order valence-corrected chi connectivity index (χ3v) is 2.87. The Morgan fingerprint density at radius 2 is 1.86 bits per heavy atom. The van der Waals surface area contributed by atoms with Gasteiger partial charge in [-0.25, -0.2) is 4.74 Å². The van der Waals surface area contributed by atoms with Crippen LogP contribution in [-0.2, 0) is 6.54 Å². The lowest BCUT2D eigenvalue weighted by Crippen LogP contribution is -2.06. The number of methoxy groups -OCH3 is 1. The maximum Gasteiger partial charge on any atom is 0.311 e. The fourth-order valence-corrected chi connectivity index (χ4v) is 1.91. The van der Waals surface area contributed by atoms with Crippen LogP contribution in [0.2, 0.25) is 0 Å². The van der Waals surface area contributed by atoms with E-state index in [0.717, 1.165) is 10.3 Å². The SMILES string of the molecule is COc1ccc(C=[N+]([O-])Cc2ccccc2)cc1[N+](=O)[O-]. The molecule has 0 amide bonds. The molecule has 0 aliphatic carbocycles. The van der Waals surface area contributed by atoms with Crippen LogP contribution in [0, 0.1) is 15.3 Å². The molecule has 2 aromatic carbocycles. The molecule has 2 rings (SSSR count). The number of nitro benzene ring substituents is 1. The van der Waals surface area contributed by atoms with Crippen molar-refractivity contribution < 1.29 is 14.4 Å². The molecule has 0 aromatic heterocycles. The largest absolute Gasteiger partial charge is 0.624 e. The summed E-state index contributed by atoms with van der Waals surface area (Å²) in [4.78, 5) is 10.4. The quantitative estimate of drug-likeness (QED) is 0.278. The lowest BCUT2D eigenvalue weighted by atomic mass is 10.2. The number of hydrogen-bond acceptors (Lipinski definition) is 4. The molecule has 0 saturated carbocycles. The van der Waals surface area contributed by atoms with Gasteiger partial charge in [0.05, 0.1) is 12.0 Å². The van der Waals surface area contributed by atoms with Crippen LogP contribution in [0.5, 0.6) is 5.75 Å². The number of nitrogens with zero attached hydrogens (tertiary/aromatic N) is 2. The Kier molecular flexibility index (Phi) is 4.50. The number of ether oxygens (including phenoxy) is 1. The van der Waals surface area contributed by atoms with E-state index in [0.29, 0.717) is 5.56 Å². The number of hydrogen-bond donors (Lipinski definition) is 0. The van der Waals surface area contributed by atoms with E-state index in [-0.39, 0.29) is 18.0 Å². The van der Waals surface area contributed by atoms with E-state index < -0.39 is 4.92 Å². The number of hydroxylamine groups is 1. The van der Waals surface area contributed by atoms with Gasteiger partial charge in [-0.15, -0.1) is 0 Å². The van der Waals surface area contributed by atoms with Gasteiger partial charge in [0.15, 0.2) is 18.5 Å². The van der Waals surface area contributed by atoms with Crippen molar-refractivity contribution in [3.8, 4) is 5.75 Å². The second kappa shape index (κ2) is 6.51. The highest BCUT2D eigenvalue weighted by atomic mass is 16.6. The van der Waals surface area contributed by atoms with Crippen molar-refractivity contribution in [2.24, 2.45) is 0 Å². The Balaban J connectivity index is 2.24. The first-order valence-electron chi connectivity index (χ1n) is 6.25. The zero-order valence-electron chi connectivity index (χ0n) is 11.4. The summed E-state index contributed by atoms with van der Waals surface area (Å²) in [6.07, 6.45) is 1.32. The van der Waals surface area contributed by atoms with Crippen molar-refractivity contribution in [1.82, 2.24) is 0 Å². The standard InChI is InChI=1S/C15H14N2O4/c1-21-15-8-7-13(9-14(15)17(19)20)11-16(18)10-12-5-3-2-4-6-12/h2-9,11H,10H2,1H3. The molecule has 0 aliphatic rings. The van der Waals surface area contributed by atoms with Gasteiger partial charge < -0.3 is 9.94 Å². The monoisotopic (exact) mass is 286 g/mol. The van der Waals surface area contributed by atoms with Gasteiger partial charge in [0, 0.05) is 17.2 Å². The number of rotatable bonds is 5. The maximum atomic E-state index is 11.9. The molecule has 0 saturated heterocycles. The molecule has 108 valence electrons. The first-order chi connectivity index (χ1) is 10.1. The lowest BCUT2D eigenvalue weighted by molar-refractivity contribution is -0.469. The first kappa shape index (κ1) is 14.5. The Hall–Kier alpha value is -2.89. The third kappa shape index (κ3) is 3.79. The third-order valence-electron chi connectivity index (χ3n) is 2.87. The molecule has 0 radical (unpaired) electrons. The van der Waals surface area contributed by atoms with Crippen LogP contribution in [-0.4, -0.2) is 23.0 Å². The van der Waals surface area contributed by atoms with Crippen molar-refractivity contribution >= 4 is 11.9 Å². The number of benzene rings is 2. The van der Waals surface area contributed by atoms with Crippen LogP contribution in [0.1, 0.15) is 11.1 Å². The van der Waals surface area contributed by atoms with E-state index in [1.807, 2.05) is 30.3 Å². The van der Waals surface area contributed by atoms with Crippen LogP contribution < -0.4 is 4.74 Å². The lowest BCUT2D eigenvalue weighted by Gasteiger charge is -2.05. The summed E-state index contributed by atoms with van der Waals surface area (Å²) in [6.45, 7) is 0.181. The molecule has 0 unspecified atom stereocenters. The second-order valence-corrected chi connectivity index (χ2v) is 4.38. The molecule has 0 bridgehead atoms. The summed E-state index contributed by atoms with van der Waals surface area (Å²) in [5.41, 5.74) is 1.15. The first-order valence-corrected chi connectivity index (χ1v) is 6.25. The summed E-state index contributed by atoms with van der Waals surface area (Å²) in [6, 6.07) is 13.6. The molecule has 0 N–H and O–H groups in total. The average molecular weight is 286 g/mol. The minimum absolute atomic E-state index is 0.164. The topological polar surface area (TPSA) is 78.4 Å². The van der Waals surface area contributed by atoms with Crippen molar-refractivity contribution in [2.45, 2.75) is 6.54 Å². The van der Waals surface area contributed by atoms with Crippen molar-refractivity contribution in [3.63, 3.8) is 0 Å². The van der Waals surface area contributed by atoms with Gasteiger partial charge in [0.1, 0.15) is 0 Å². The maximum absolute atomic E-state index is 11.9. The van der Waals surface area contributed by atoms with Gasteiger partial charge in [0.2, 0.25) is 0 Å². The van der Waals surface area contributed by atoms with Gasteiger partial charge >= 0.3 is 5.69 Å². The highest BCUT2D eigenvalue weighted by molar-refractivity contribution is 5.78. The molecular formula is C15H14N2O4. The Morgan fingerprint density at radius 1 is 1.14 bits per heavy atom. The zero-order valence-corrected chi connectivity index (χ0v) is 11.4. The van der Waals surface area contributed by atoms with E-state index in [9.17, 15) is 15.3 Å². The van der Waals surface area contributed by atoms with Crippen LogP contribution in [0.25, 0.3) is 0 Å². The smallest absolute Gasteiger partial charge is 0.311 e.